The lowest BCUT2D eigenvalue weighted by atomic mass is 9.68. The number of fused-ring (bicyclic) bond motifs is 9. The van der Waals surface area contributed by atoms with Gasteiger partial charge in [0.2, 0.25) is 11.8 Å². The number of imide groups is 1. The first-order chi connectivity index (χ1) is 23.2. The molecule has 2 aliphatic carbocycles. The van der Waals surface area contributed by atoms with Gasteiger partial charge in [-0.25, -0.2) is 0 Å². The van der Waals surface area contributed by atoms with E-state index in [4.69, 9.17) is 14.2 Å². The number of hydrogen-bond donors (Lipinski definition) is 2. The molecule has 246 valence electrons. The number of H-pyrrole nitrogens is 1. The quantitative estimate of drug-likeness (QED) is 0.235. The summed E-state index contributed by atoms with van der Waals surface area (Å²) in [6, 6.07) is 20.2. The summed E-state index contributed by atoms with van der Waals surface area (Å²) in [4.78, 5) is 58.5. The Bertz CT molecular complexity index is 1990. The highest BCUT2D eigenvalue weighted by Gasteiger charge is 2.69. The highest BCUT2D eigenvalue weighted by Crippen LogP contribution is 2.68. The van der Waals surface area contributed by atoms with E-state index in [1.165, 1.54) is 16.2 Å². The summed E-state index contributed by atoms with van der Waals surface area (Å²) >= 11 is 2.86. The molecule has 2 saturated carbocycles. The fourth-order valence-electron chi connectivity index (χ4n) is 8.35. The number of thiazole rings is 1. The van der Waals surface area contributed by atoms with Crippen LogP contribution in [0.1, 0.15) is 28.3 Å². The van der Waals surface area contributed by atoms with Gasteiger partial charge in [-0.1, -0.05) is 35.1 Å². The number of carbonyl (C=O) groups is 3. The number of thioether (sulfide) groups is 1. The summed E-state index contributed by atoms with van der Waals surface area (Å²) in [7, 11) is 3.13. The number of amides is 3. The van der Waals surface area contributed by atoms with E-state index in [1.807, 2.05) is 43.3 Å². The molecule has 6 unspecified atom stereocenters. The number of anilines is 2. The van der Waals surface area contributed by atoms with Gasteiger partial charge >= 0.3 is 4.87 Å². The number of hydrogen-bond acceptors (Lipinski definition) is 9. The monoisotopic (exact) mass is 683 g/mol. The normalized spacial score (nSPS) is 26.6. The van der Waals surface area contributed by atoms with Crippen LogP contribution < -0.4 is 29.3 Å². The molecule has 7 atom stereocenters. The zero-order chi connectivity index (χ0) is 33.3. The molecule has 0 radical (unpaired) electrons. The van der Waals surface area contributed by atoms with Crippen LogP contribution >= 0.6 is 23.1 Å². The van der Waals surface area contributed by atoms with Gasteiger partial charge in [0.25, 0.3) is 5.91 Å². The predicted octanol–water partition coefficient (Wildman–Crippen LogP) is 5.46. The summed E-state index contributed by atoms with van der Waals surface area (Å²) in [5, 5.41) is 3.71. The third kappa shape index (κ3) is 4.92. The summed E-state index contributed by atoms with van der Waals surface area (Å²) in [5.41, 5.74) is 3.24. The molecule has 2 N–H and O–H groups in total. The van der Waals surface area contributed by atoms with Crippen LogP contribution in [0.4, 0.5) is 11.4 Å². The van der Waals surface area contributed by atoms with E-state index in [2.05, 4.69) is 10.3 Å². The molecule has 1 saturated heterocycles. The molecule has 10 nitrogen and oxygen atoms in total. The summed E-state index contributed by atoms with van der Waals surface area (Å²) < 4.78 is 16.8. The minimum absolute atomic E-state index is 0.0108. The number of methoxy groups -OCH3 is 2. The van der Waals surface area contributed by atoms with E-state index in [0.29, 0.717) is 28.6 Å². The second-order valence-electron chi connectivity index (χ2n) is 12.8. The van der Waals surface area contributed by atoms with Crippen molar-refractivity contribution in [2.75, 3.05) is 31.0 Å². The van der Waals surface area contributed by atoms with Crippen LogP contribution in [-0.4, -0.2) is 48.8 Å². The van der Waals surface area contributed by atoms with E-state index in [9.17, 15) is 19.2 Å². The predicted molar refractivity (Wildman–Crippen MR) is 182 cm³/mol. The number of nitrogens with one attached hydrogen (secondary N) is 2. The first-order valence-electron chi connectivity index (χ1n) is 15.8. The molecule has 8 rings (SSSR count). The molecule has 3 amide bonds. The SMILES string of the molecule is COc1ccc(NC(=O)COc2ccc([C@H]3c4sc(=O)[nH]c4SC4C5CC(C6C(=O)N(c7ccc(C)cc7)C(=O)C56)C43)cc2OC)cc1. The Balaban J connectivity index is 1.07. The smallest absolute Gasteiger partial charge is 0.305 e. The van der Waals surface area contributed by atoms with Crippen LogP contribution in [0.15, 0.2) is 76.6 Å². The standard InChI is InChI=1S/C36H33N3O7S2/c1-17-4-9-20(10-5-17)39-34(41)29-22-15-23(30(29)35(39)42)31-28(22)27(32-33(47-31)38-36(43)48-32)18-6-13-24(25(14-18)45-3)46-16-26(40)37-19-7-11-21(44-2)12-8-19/h4-14,22-23,27-31H,15-16H2,1-3H3,(H,37,40)(H,38,43)/t22?,23?,27-,28?,29?,30?,31?/m1/s1. The molecule has 0 spiro atoms. The van der Waals surface area contributed by atoms with Crippen molar-refractivity contribution in [1.82, 2.24) is 4.98 Å². The van der Waals surface area contributed by atoms with Gasteiger partial charge in [0, 0.05) is 21.7 Å². The van der Waals surface area contributed by atoms with Crippen molar-refractivity contribution in [3.63, 3.8) is 0 Å². The Morgan fingerprint density at radius 2 is 1.65 bits per heavy atom. The van der Waals surface area contributed by atoms with Crippen molar-refractivity contribution in [2.45, 2.75) is 29.5 Å². The van der Waals surface area contributed by atoms with Crippen LogP contribution in [0.5, 0.6) is 17.2 Å². The molecule has 2 bridgehead atoms. The number of aromatic nitrogens is 1. The number of aromatic amines is 1. The summed E-state index contributed by atoms with van der Waals surface area (Å²) in [6.07, 6.45) is 0.800. The summed E-state index contributed by atoms with van der Waals surface area (Å²) in [5.74, 6) is 0.130. The Morgan fingerprint density at radius 1 is 0.917 bits per heavy atom. The Kier molecular flexibility index (Phi) is 7.59. The molecule has 4 aromatic rings. The van der Waals surface area contributed by atoms with Crippen molar-refractivity contribution in [3.8, 4) is 17.2 Å². The fourth-order valence-corrected chi connectivity index (χ4v) is 11.2. The number of rotatable bonds is 8. The minimum Gasteiger partial charge on any atom is -0.497 e. The average molecular weight is 684 g/mol. The summed E-state index contributed by atoms with van der Waals surface area (Å²) in [6.45, 7) is 1.75. The first kappa shape index (κ1) is 30.8. The van der Waals surface area contributed by atoms with Crippen LogP contribution in [0.2, 0.25) is 0 Å². The zero-order valence-corrected chi connectivity index (χ0v) is 28.1. The van der Waals surface area contributed by atoms with Gasteiger partial charge in [-0.2, -0.15) is 0 Å². The van der Waals surface area contributed by atoms with Gasteiger partial charge in [-0.05, 0) is 85.2 Å². The molecule has 1 aromatic heterocycles. The molecule has 12 heteroatoms. The Morgan fingerprint density at radius 3 is 2.35 bits per heavy atom. The fraction of sp³-hybridized carbons (Fsp3) is 0.333. The molecular formula is C36H33N3O7S2. The van der Waals surface area contributed by atoms with Crippen LogP contribution in [-0.2, 0) is 14.4 Å². The van der Waals surface area contributed by atoms with Crippen LogP contribution in [0.3, 0.4) is 0 Å². The maximum absolute atomic E-state index is 14.0. The number of nitrogens with zero attached hydrogens (tertiary/aromatic N) is 1. The molecule has 48 heavy (non-hydrogen) atoms. The van der Waals surface area contributed by atoms with Crippen LogP contribution in [0.25, 0.3) is 0 Å². The maximum atomic E-state index is 14.0. The Hall–Kier alpha value is -4.55. The third-order valence-electron chi connectivity index (χ3n) is 10.3. The van der Waals surface area contributed by atoms with Gasteiger partial charge in [-0.3, -0.25) is 24.1 Å². The zero-order valence-electron chi connectivity index (χ0n) is 26.4. The molecular weight excluding hydrogens is 651 g/mol. The molecule has 3 fully saturated rings. The van der Waals surface area contributed by atoms with E-state index in [-0.39, 0.29) is 70.0 Å². The van der Waals surface area contributed by atoms with Gasteiger partial charge in [-0.15, -0.1) is 11.8 Å². The van der Waals surface area contributed by atoms with E-state index in [0.717, 1.165) is 27.5 Å². The van der Waals surface area contributed by atoms with E-state index >= 15 is 0 Å². The molecule has 4 aliphatic rings. The van der Waals surface area contributed by atoms with E-state index in [1.54, 1.807) is 56.3 Å². The second kappa shape index (κ2) is 11.9. The highest BCUT2D eigenvalue weighted by atomic mass is 32.2. The molecule has 2 aliphatic heterocycles. The third-order valence-corrected chi connectivity index (χ3v) is 12.9. The van der Waals surface area contributed by atoms with Crippen LogP contribution in [0, 0.1) is 36.5 Å². The largest absolute Gasteiger partial charge is 0.497 e. The lowest BCUT2D eigenvalue weighted by molar-refractivity contribution is -0.123. The van der Waals surface area contributed by atoms with E-state index < -0.39 is 0 Å². The number of ether oxygens (including phenoxy) is 3. The average Bonchev–Trinajstić information content (AvgIpc) is 3.83. The lowest BCUT2D eigenvalue weighted by Crippen LogP contribution is -2.42. The number of carbonyl (C=O) groups excluding carboxylic acids is 3. The van der Waals surface area contributed by atoms with Gasteiger partial charge in [0.05, 0.1) is 36.8 Å². The van der Waals surface area contributed by atoms with Crippen molar-refractivity contribution in [1.29, 1.82) is 0 Å². The Labute approximate surface area is 284 Å². The van der Waals surface area contributed by atoms with Crippen molar-refractivity contribution in [2.24, 2.45) is 29.6 Å². The van der Waals surface area contributed by atoms with Gasteiger partial charge in [0.15, 0.2) is 18.1 Å². The lowest BCUT2D eigenvalue weighted by Gasteiger charge is -2.43. The minimum atomic E-state index is -0.390. The van der Waals surface area contributed by atoms with Gasteiger partial charge < -0.3 is 24.5 Å². The maximum Gasteiger partial charge on any atom is 0.305 e. The molecule has 3 heterocycles. The van der Waals surface area contributed by atoms with Crippen molar-refractivity contribution < 1.29 is 28.6 Å². The van der Waals surface area contributed by atoms with Crippen molar-refractivity contribution in [3.05, 3.63) is 92.4 Å². The highest BCUT2D eigenvalue weighted by molar-refractivity contribution is 8.00. The van der Waals surface area contributed by atoms with Gasteiger partial charge in [0.1, 0.15) is 5.75 Å². The van der Waals surface area contributed by atoms with Crippen molar-refractivity contribution >= 4 is 52.2 Å². The number of benzene rings is 3. The number of aryl methyl sites for hydroxylation is 1. The second-order valence-corrected chi connectivity index (χ2v) is 15.0. The topological polar surface area (TPSA) is 127 Å². The molecule has 3 aromatic carbocycles. The first-order valence-corrected chi connectivity index (χ1v) is 17.5.